The summed E-state index contributed by atoms with van der Waals surface area (Å²) in [7, 11) is 4.04. The Balaban J connectivity index is 1.81. The molecule has 0 saturated carbocycles. The average molecular weight is 372 g/mol. The molecule has 0 aliphatic heterocycles. The van der Waals surface area contributed by atoms with Crippen molar-refractivity contribution in [2.24, 2.45) is 0 Å². The second-order valence-electron chi connectivity index (χ2n) is 5.59. The van der Waals surface area contributed by atoms with E-state index < -0.39 is 0 Å². The highest BCUT2D eigenvalue weighted by Gasteiger charge is 2.15. The zero-order valence-corrected chi connectivity index (χ0v) is 15.5. The molecule has 3 aromatic heterocycles. The van der Waals surface area contributed by atoms with Crippen LogP contribution in [0.2, 0.25) is 5.15 Å². The first-order chi connectivity index (χ1) is 11.6. The van der Waals surface area contributed by atoms with E-state index in [1.807, 2.05) is 32.3 Å². The van der Waals surface area contributed by atoms with E-state index >= 15 is 0 Å². The van der Waals surface area contributed by atoms with Crippen LogP contribution in [0, 0.1) is 0 Å². The van der Waals surface area contributed by atoms with E-state index in [0.29, 0.717) is 11.0 Å². The average Bonchev–Trinajstić information content (AvgIpc) is 3.24. The van der Waals surface area contributed by atoms with E-state index in [1.54, 1.807) is 22.7 Å². The van der Waals surface area contributed by atoms with Crippen LogP contribution in [-0.2, 0) is 0 Å². The van der Waals surface area contributed by atoms with E-state index in [9.17, 15) is 0 Å². The first-order valence-corrected chi connectivity index (χ1v) is 9.53. The van der Waals surface area contributed by atoms with Gasteiger partial charge in [-0.1, -0.05) is 17.7 Å². The van der Waals surface area contributed by atoms with Crippen molar-refractivity contribution in [3.05, 3.63) is 52.3 Å². The van der Waals surface area contributed by atoms with Crippen LogP contribution in [-0.4, -0.2) is 24.1 Å². The summed E-state index contributed by atoms with van der Waals surface area (Å²) in [4.78, 5) is 13.4. The van der Waals surface area contributed by atoms with Gasteiger partial charge < -0.3 is 4.90 Å². The van der Waals surface area contributed by atoms with Crippen LogP contribution in [0.3, 0.4) is 0 Å². The monoisotopic (exact) mass is 371 g/mol. The fourth-order valence-corrected chi connectivity index (χ4v) is 4.64. The number of aromatic nitrogens is 2. The number of benzene rings is 1. The first-order valence-electron chi connectivity index (χ1n) is 7.40. The topological polar surface area (TPSA) is 29.0 Å². The molecule has 0 aliphatic rings. The van der Waals surface area contributed by atoms with Crippen LogP contribution in [0.1, 0.15) is 0 Å². The Kier molecular flexibility index (Phi) is 4.00. The Bertz CT molecular complexity index is 989. The van der Waals surface area contributed by atoms with Gasteiger partial charge in [0.25, 0.3) is 0 Å². The van der Waals surface area contributed by atoms with Crippen molar-refractivity contribution in [3.8, 4) is 21.8 Å². The molecular formula is C18H14ClN3S2. The molecule has 24 heavy (non-hydrogen) atoms. The first kappa shape index (κ1) is 15.6. The molecule has 0 N–H and O–H groups in total. The Morgan fingerprint density at radius 3 is 2.46 bits per heavy atom. The maximum Gasteiger partial charge on any atom is 0.162 e. The molecule has 0 saturated heterocycles. The minimum Gasteiger partial charge on any atom is -0.378 e. The molecule has 4 aromatic rings. The molecule has 0 aliphatic carbocycles. The molecule has 0 atom stereocenters. The minimum absolute atomic E-state index is 0.510. The van der Waals surface area contributed by atoms with Gasteiger partial charge in [-0.2, -0.15) is 0 Å². The van der Waals surface area contributed by atoms with E-state index in [0.717, 1.165) is 27.0 Å². The van der Waals surface area contributed by atoms with Crippen molar-refractivity contribution in [2.75, 3.05) is 19.0 Å². The molecule has 3 heterocycles. The fourth-order valence-electron chi connectivity index (χ4n) is 2.55. The molecule has 0 amide bonds. The second-order valence-corrected chi connectivity index (χ2v) is 7.75. The van der Waals surface area contributed by atoms with Crippen molar-refractivity contribution < 1.29 is 0 Å². The second kappa shape index (κ2) is 6.16. The lowest BCUT2D eigenvalue weighted by Gasteiger charge is -2.12. The van der Waals surface area contributed by atoms with E-state index in [-0.39, 0.29) is 0 Å². The van der Waals surface area contributed by atoms with Crippen LogP contribution < -0.4 is 4.90 Å². The van der Waals surface area contributed by atoms with E-state index in [4.69, 9.17) is 16.6 Å². The Labute approximate surface area is 153 Å². The van der Waals surface area contributed by atoms with Crippen molar-refractivity contribution in [1.82, 2.24) is 9.97 Å². The Morgan fingerprint density at radius 1 is 1.00 bits per heavy atom. The standard InChI is InChI=1S/C18H14ClN3S2/c1-22(2)12-7-5-11(6-8-12)17-20-16(19)15-13(10-24-18(15)21-17)14-4-3-9-23-14/h3-10H,1-2H3. The Hall–Kier alpha value is -1.95. The predicted octanol–water partition coefficient (Wildman–Crippen LogP) is 5.81. The number of fused-ring (bicyclic) bond motifs is 1. The van der Waals surface area contributed by atoms with Gasteiger partial charge in [0.05, 0.1) is 5.39 Å². The number of nitrogens with zero attached hydrogens (tertiary/aromatic N) is 3. The summed E-state index contributed by atoms with van der Waals surface area (Å²) < 4.78 is 0. The molecule has 1 aromatic carbocycles. The highest BCUT2D eigenvalue weighted by molar-refractivity contribution is 7.18. The molecule has 3 nitrogen and oxygen atoms in total. The molecule has 0 unspecified atom stereocenters. The maximum atomic E-state index is 6.51. The van der Waals surface area contributed by atoms with Crippen LogP contribution in [0.4, 0.5) is 5.69 Å². The van der Waals surface area contributed by atoms with Crippen LogP contribution >= 0.6 is 34.3 Å². The molecule has 0 radical (unpaired) electrons. The number of thiophene rings is 2. The number of rotatable bonds is 3. The third-order valence-corrected chi connectivity index (χ3v) is 5.87. The van der Waals surface area contributed by atoms with Crippen LogP contribution in [0.25, 0.3) is 32.0 Å². The van der Waals surface area contributed by atoms with Gasteiger partial charge in [-0.05, 0) is 35.7 Å². The van der Waals surface area contributed by atoms with Crippen molar-refractivity contribution in [2.45, 2.75) is 0 Å². The number of hydrogen-bond donors (Lipinski definition) is 0. The largest absolute Gasteiger partial charge is 0.378 e. The molecule has 0 spiro atoms. The summed E-state index contributed by atoms with van der Waals surface area (Å²) in [6, 6.07) is 12.3. The lowest BCUT2D eigenvalue weighted by Crippen LogP contribution is -2.08. The highest BCUT2D eigenvalue weighted by atomic mass is 35.5. The zero-order chi connectivity index (χ0) is 16.7. The molecular weight excluding hydrogens is 358 g/mol. The van der Waals surface area contributed by atoms with E-state index in [1.165, 1.54) is 4.88 Å². The molecule has 0 bridgehead atoms. The predicted molar refractivity (Wildman–Crippen MR) is 106 cm³/mol. The van der Waals surface area contributed by atoms with Gasteiger partial charge in [0.1, 0.15) is 9.98 Å². The lowest BCUT2D eigenvalue weighted by atomic mass is 10.1. The van der Waals surface area contributed by atoms with Gasteiger partial charge in [0.15, 0.2) is 5.82 Å². The van der Waals surface area contributed by atoms with Crippen LogP contribution in [0.5, 0.6) is 0 Å². The summed E-state index contributed by atoms with van der Waals surface area (Å²) >= 11 is 9.81. The fraction of sp³-hybridized carbons (Fsp3) is 0.111. The number of hydrogen-bond acceptors (Lipinski definition) is 5. The van der Waals surface area contributed by atoms with Gasteiger partial charge >= 0.3 is 0 Å². The zero-order valence-electron chi connectivity index (χ0n) is 13.2. The third kappa shape index (κ3) is 2.69. The Morgan fingerprint density at radius 2 is 1.79 bits per heavy atom. The number of anilines is 1. The quantitative estimate of drug-likeness (QED) is 0.426. The summed E-state index contributed by atoms with van der Waals surface area (Å²) in [5.74, 6) is 0.664. The minimum atomic E-state index is 0.510. The van der Waals surface area contributed by atoms with Gasteiger partial charge in [-0.3, -0.25) is 0 Å². The highest BCUT2D eigenvalue weighted by Crippen LogP contribution is 2.39. The maximum absolute atomic E-state index is 6.51. The molecule has 6 heteroatoms. The normalized spacial score (nSPS) is 11.1. The third-order valence-electron chi connectivity index (χ3n) is 3.82. The SMILES string of the molecule is CN(C)c1ccc(-c2nc(Cl)c3c(-c4cccs4)csc3n2)cc1. The van der Waals surface area contributed by atoms with Crippen molar-refractivity contribution in [1.29, 1.82) is 0 Å². The summed E-state index contributed by atoms with van der Waals surface area (Å²) in [5.41, 5.74) is 3.22. The van der Waals surface area contributed by atoms with E-state index in [2.05, 4.69) is 38.8 Å². The molecule has 0 fully saturated rings. The molecule has 4 rings (SSSR count). The summed E-state index contributed by atoms with van der Waals surface area (Å²) in [6.45, 7) is 0. The van der Waals surface area contributed by atoms with Crippen molar-refractivity contribution >= 4 is 50.2 Å². The van der Waals surface area contributed by atoms with Crippen molar-refractivity contribution in [3.63, 3.8) is 0 Å². The van der Waals surface area contributed by atoms with Crippen LogP contribution in [0.15, 0.2) is 47.2 Å². The molecule has 120 valence electrons. The summed E-state index contributed by atoms with van der Waals surface area (Å²) in [5, 5.41) is 5.62. The van der Waals surface area contributed by atoms with Gasteiger partial charge in [0.2, 0.25) is 0 Å². The lowest BCUT2D eigenvalue weighted by molar-refractivity contribution is 1.13. The van der Waals surface area contributed by atoms with Gasteiger partial charge in [0, 0.05) is 41.2 Å². The van der Waals surface area contributed by atoms with Gasteiger partial charge in [-0.15, -0.1) is 22.7 Å². The smallest absolute Gasteiger partial charge is 0.162 e. The van der Waals surface area contributed by atoms with Gasteiger partial charge in [-0.25, -0.2) is 9.97 Å². The number of halogens is 1. The summed E-state index contributed by atoms with van der Waals surface area (Å²) in [6.07, 6.45) is 0.